The second kappa shape index (κ2) is 10.4. The van der Waals surface area contributed by atoms with Gasteiger partial charge in [0.2, 0.25) is 0 Å². The van der Waals surface area contributed by atoms with Gasteiger partial charge >= 0.3 is 5.97 Å². The van der Waals surface area contributed by atoms with Crippen LogP contribution in [-0.4, -0.2) is 12.6 Å². The van der Waals surface area contributed by atoms with Crippen LogP contribution >= 0.6 is 23.1 Å². The highest BCUT2D eigenvalue weighted by Crippen LogP contribution is 2.31. The lowest BCUT2D eigenvalue weighted by Gasteiger charge is -2.05. The summed E-state index contributed by atoms with van der Waals surface area (Å²) in [5, 5.41) is 5.18. The predicted octanol–water partition coefficient (Wildman–Crippen LogP) is 1.54. The second-order valence-electron chi connectivity index (χ2n) is 5.69. The van der Waals surface area contributed by atoms with Gasteiger partial charge in [-0.05, 0) is 30.2 Å². The SMILES string of the molecule is CCOC(=O)C[n+]1cc(-c2ccc(Cl)cc2)c(NCc2ccccc2)s1.[Br-]. The van der Waals surface area contributed by atoms with Gasteiger partial charge in [-0.15, -0.1) is 3.96 Å². The largest absolute Gasteiger partial charge is 1.00 e. The molecule has 0 radical (unpaired) electrons. The summed E-state index contributed by atoms with van der Waals surface area (Å²) in [5.74, 6) is -0.240. The highest BCUT2D eigenvalue weighted by Gasteiger charge is 2.21. The first-order valence-corrected chi connectivity index (χ1v) is 9.54. The lowest BCUT2D eigenvalue weighted by atomic mass is 10.1. The first-order chi connectivity index (χ1) is 12.7. The topological polar surface area (TPSA) is 42.2 Å². The standard InChI is InChI=1S/C20H19ClN2O2S.BrH/c1-2-25-19(24)14-23-13-18(16-8-10-17(21)11-9-16)20(26-23)22-12-15-6-4-3-5-7-15;/h3-11,13H,2,12,14H2,1H3;1H. The molecule has 4 nitrogen and oxygen atoms in total. The maximum absolute atomic E-state index is 11.8. The van der Waals surface area contributed by atoms with Crippen molar-refractivity contribution < 1.29 is 30.5 Å². The fourth-order valence-electron chi connectivity index (χ4n) is 2.55. The normalized spacial score (nSPS) is 10.1. The highest BCUT2D eigenvalue weighted by molar-refractivity contribution is 7.07. The molecule has 0 saturated heterocycles. The van der Waals surface area contributed by atoms with E-state index in [0.29, 0.717) is 18.2 Å². The molecule has 0 aliphatic carbocycles. The summed E-state index contributed by atoms with van der Waals surface area (Å²) in [7, 11) is 0. The van der Waals surface area contributed by atoms with E-state index in [1.807, 2.05) is 59.5 Å². The number of anilines is 1. The van der Waals surface area contributed by atoms with Gasteiger partial charge in [0.25, 0.3) is 6.54 Å². The molecule has 0 fully saturated rings. The van der Waals surface area contributed by atoms with E-state index in [0.717, 1.165) is 16.1 Å². The maximum atomic E-state index is 11.8. The Morgan fingerprint density at radius 2 is 1.85 bits per heavy atom. The molecule has 0 bridgehead atoms. The molecule has 142 valence electrons. The minimum absolute atomic E-state index is 0. The summed E-state index contributed by atoms with van der Waals surface area (Å²) in [6, 6.07) is 17.9. The van der Waals surface area contributed by atoms with Crippen LogP contribution in [-0.2, 0) is 22.6 Å². The highest BCUT2D eigenvalue weighted by atomic mass is 79.9. The minimum Gasteiger partial charge on any atom is -1.00 e. The molecule has 0 aliphatic rings. The predicted molar refractivity (Wildman–Crippen MR) is 105 cm³/mol. The van der Waals surface area contributed by atoms with Crippen molar-refractivity contribution in [2.45, 2.75) is 20.0 Å². The molecule has 0 atom stereocenters. The van der Waals surface area contributed by atoms with Crippen LogP contribution in [0.5, 0.6) is 0 Å². The van der Waals surface area contributed by atoms with Crippen LogP contribution in [0, 0.1) is 0 Å². The molecule has 27 heavy (non-hydrogen) atoms. The zero-order valence-corrected chi connectivity index (χ0v) is 18.0. The van der Waals surface area contributed by atoms with Gasteiger partial charge in [-0.3, -0.25) is 0 Å². The van der Waals surface area contributed by atoms with Crippen molar-refractivity contribution in [3.05, 3.63) is 71.4 Å². The van der Waals surface area contributed by atoms with Gasteiger partial charge in [-0.25, -0.2) is 4.79 Å². The monoisotopic (exact) mass is 466 g/mol. The van der Waals surface area contributed by atoms with Crippen molar-refractivity contribution in [1.29, 1.82) is 0 Å². The molecule has 1 heterocycles. The van der Waals surface area contributed by atoms with E-state index in [4.69, 9.17) is 16.3 Å². The average Bonchev–Trinajstić information content (AvgIpc) is 3.04. The van der Waals surface area contributed by atoms with Crippen LogP contribution in [0.15, 0.2) is 60.8 Å². The van der Waals surface area contributed by atoms with Crippen LogP contribution in [0.2, 0.25) is 5.02 Å². The number of aromatic nitrogens is 1. The number of carbonyl (C=O) groups is 1. The van der Waals surface area contributed by atoms with Gasteiger partial charge < -0.3 is 27.0 Å². The lowest BCUT2D eigenvalue weighted by molar-refractivity contribution is -0.616. The van der Waals surface area contributed by atoms with Gasteiger partial charge in [-0.2, -0.15) is 0 Å². The number of hydrogen-bond donors (Lipinski definition) is 1. The van der Waals surface area contributed by atoms with E-state index in [1.54, 1.807) is 0 Å². The molecular weight excluding hydrogens is 448 g/mol. The van der Waals surface area contributed by atoms with E-state index >= 15 is 0 Å². The van der Waals surface area contributed by atoms with Crippen molar-refractivity contribution in [2.24, 2.45) is 0 Å². The summed E-state index contributed by atoms with van der Waals surface area (Å²) in [4.78, 5) is 11.8. The number of nitrogens with zero attached hydrogens (tertiary/aromatic N) is 1. The molecule has 0 aliphatic heterocycles. The Morgan fingerprint density at radius 3 is 2.52 bits per heavy atom. The Bertz CT molecular complexity index is 869. The van der Waals surface area contributed by atoms with Gasteiger partial charge in [0, 0.05) is 11.6 Å². The lowest BCUT2D eigenvalue weighted by Crippen LogP contribution is -3.00. The molecule has 0 unspecified atom stereocenters. The fraction of sp³-hybridized carbons (Fsp3) is 0.200. The van der Waals surface area contributed by atoms with Crippen LogP contribution in [0.1, 0.15) is 12.5 Å². The average molecular weight is 468 g/mol. The third-order valence-electron chi connectivity index (χ3n) is 3.77. The molecule has 7 heteroatoms. The van der Waals surface area contributed by atoms with E-state index in [1.165, 1.54) is 17.1 Å². The first-order valence-electron chi connectivity index (χ1n) is 8.39. The Balaban J connectivity index is 0.00000261. The van der Waals surface area contributed by atoms with Crippen LogP contribution in [0.3, 0.4) is 0 Å². The van der Waals surface area contributed by atoms with E-state index in [9.17, 15) is 4.79 Å². The van der Waals surface area contributed by atoms with Gasteiger partial charge in [0.1, 0.15) is 0 Å². The molecule has 0 spiro atoms. The summed E-state index contributed by atoms with van der Waals surface area (Å²) >= 11 is 7.51. The molecule has 0 amide bonds. The number of esters is 1. The van der Waals surface area contributed by atoms with E-state index in [2.05, 4.69) is 17.4 Å². The minimum atomic E-state index is -0.240. The third-order valence-corrected chi connectivity index (χ3v) is 5.04. The Labute approximate surface area is 178 Å². The zero-order valence-electron chi connectivity index (χ0n) is 14.8. The molecule has 2 aromatic carbocycles. The number of nitrogens with one attached hydrogen (secondary N) is 1. The molecule has 3 rings (SSSR count). The van der Waals surface area contributed by atoms with E-state index < -0.39 is 0 Å². The van der Waals surface area contributed by atoms with Crippen molar-refractivity contribution in [2.75, 3.05) is 11.9 Å². The Hall–Kier alpha value is -1.89. The number of rotatable bonds is 7. The maximum Gasteiger partial charge on any atom is 0.373 e. The smallest absolute Gasteiger partial charge is 0.373 e. The van der Waals surface area contributed by atoms with Crippen LogP contribution in [0.25, 0.3) is 11.1 Å². The van der Waals surface area contributed by atoms with Crippen molar-refractivity contribution in [3.8, 4) is 11.1 Å². The molecule has 1 aromatic heterocycles. The van der Waals surface area contributed by atoms with Crippen molar-refractivity contribution in [3.63, 3.8) is 0 Å². The number of ether oxygens (including phenoxy) is 1. The summed E-state index contributed by atoms with van der Waals surface area (Å²) in [6.07, 6.45) is 1.97. The zero-order chi connectivity index (χ0) is 18.4. The number of carbonyl (C=O) groups excluding carboxylic acids is 1. The summed E-state index contributed by atoms with van der Waals surface area (Å²) in [5.41, 5.74) is 3.27. The quantitative estimate of drug-likeness (QED) is 0.423. The summed E-state index contributed by atoms with van der Waals surface area (Å²) in [6.45, 7) is 3.10. The van der Waals surface area contributed by atoms with Gasteiger partial charge in [-0.1, -0.05) is 54.1 Å². The number of hydrogen-bond acceptors (Lipinski definition) is 4. The second-order valence-corrected chi connectivity index (χ2v) is 7.19. The van der Waals surface area contributed by atoms with Crippen molar-refractivity contribution >= 4 is 34.1 Å². The Kier molecular flexibility index (Phi) is 8.28. The van der Waals surface area contributed by atoms with Crippen LogP contribution < -0.4 is 26.3 Å². The van der Waals surface area contributed by atoms with E-state index in [-0.39, 0.29) is 29.5 Å². The van der Waals surface area contributed by atoms with Gasteiger partial charge in [0.05, 0.1) is 12.2 Å². The first kappa shape index (κ1) is 21.4. The molecular formula is C20H20BrClN2O2S. The van der Waals surface area contributed by atoms with Crippen molar-refractivity contribution in [1.82, 2.24) is 0 Å². The Morgan fingerprint density at radius 1 is 1.15 bits per heavy atom. The molecule has 3 aromatic rings. The molecule has 0 saturated carbocycles. The number of halogens is 2. The summed E-state index contributed by atoms with van der Waals surface area (Å²) < 4.78 is 6.94. The number of benzene rings is 2. The fourth-order valence-corrected chi connectivity index (χ4v) is 3.64. The van der Waals surface area contributed by atoms with Gasteiger partial charge in [0.15, 0.2) is 22.7 Å². The van der Waals surface area contributed by atoms with Crippen LogP contribution in [0.4, 0.5) is 5.00 Å². The third kappa shape index (κ3) is 6.06. The molecule has 1 N–H and O–H groups in total.